The molecule has 27 heavy (non-hydrogen) atoms. The normalized spacial score (nSPS) is 11.7. The minimum Gasteiger partial charge on any atom is -0.337 e. The summed E-state index contributed by atoms with van der Waals surface area (Å²) in [5, 5.41) is 3.43. The second kappa shape index (κ2) is 10.1. The van der Waals surface area contributed by atoms with E-state index in [0.717, 1.165) is 16.9 Å². The van der Waals surface area contributed by atoms with Crippen LogP contribution in [0.1, 0.15) is 18.1 Å². The van der Waals surface area contributed by atoms with Crippen molar-refractivity contribution in [1.82, 2.24) is 4.90 Å². The highest BCUT2D eigenvalue weighted by atomic mass is 35.5. The van der Waals surface area contributed by atoms with E-state index in [2.05, 4.69) is 36.5 Å². The van der Waals surface area contributed by atoms with Gasteiger partial charge in [-0.25, -0.2) is 0 Å². The molecule has 1 atom stereocenters. The predicted molar refractivity (Wildman–Crippen MR) is 109 cm³/mol. The minimum absolute atomic E-state index is 0.00589. The van der Waals surface area contributed by atoms with Crippen LogP contribution in [-0.2, 0) is 22.6 Å². The fraction of sp³-hybridized carbons (Fsp3) is 0.333. The Labute approximate surface area is 165 Å². The van der Waals surface area contributed by atoms with Gasteiger partial charge in [-0.15, -0.1) is 0 Å². The van der Waals surface area contributed by atoms with Crippen LogP contribution in [0, 0.1) is 0 Å². The fourth-order valence-corrected chi connectivity index (χ4v) is 2.84. The van der Waals surface area contributed by atoms with Gasteiger partial charge < -0.3 is 15.1 Å². The molecule has 0 spiro atoms. The van der Waals surface area contributed by atoms with Gasteiger partial charge in [0.2, 0.25) is 0 Å². The summed E-state index contributed by atoms with van der Waals surface area (Å²) >= 11 is 5.83. The van der Waals surface area contributed by atoms with Crippen molar-refractivity contribution < 1.29 is 14.5 Å². The van der Waals surface area contributed by atoms with Gasteiger partial charge in [0, 0.05) is 24.3 Å². The van der Waals surface area contributed by atoms with Crippen LogP contribution in [0.3, 0.4) is 0 Å². The van der Waals surface area contributed by atoms with E-state index in [1.807, 2.05) is 7.05 Å². The molecule has 0 bridgehead atoms. The van der Waals surface area contributed by atoms with Crippen LogP contribution in [-0.4, -0.2) is 43.9 Å². The summed E-state index contributed by atoms with van der Waals surface area (Å²) in [6.45, 7) is 3.16. The Bertz CT molecular complexity index is 760. The number of likely N-dealkylation sites (N-methyl/N-ethyl adjacent to an activating group) is 2. The van der Waals surface area contributed by atoms with E-state index in [1.54, 1.807) is 36.2 Å². The molecule has 0 aliphatic heterocycles. The minimum atomic E-state index is -0.138. The second-order valence-corrected chi connectivity index (χ2v) is 7.22. The number of anilines is 1. The van der Waals surface area contributed by atoms with Gasteiger partial charge in [0.25, 0.3) is 11.8 Å². The zero-order valence-corrected chi connectivity index (χ0v) is 16.8. The standard InChI is InChI=1S/C21H26ClN3O2/c1-4-16-5-7-17(8-6-16)13-25(3)21(27)15-24(2)14-20(26)23-19-11-9-18(22)10-12-19/h5-12H,4,13-15H2,1-3H3,(H,23,26)/p+1. The first-order chi connectivity index (χ1) is 12.9. The first kappa shape index (κ1) is 20.9. The molecule has 5 nitrogen and oxygen atoms in total. The highest BCUT2D eigenvalue weighted by Gasteiger charge is 2.17. The summed E-state index contributed by atoms with van der Waals surface area (Å²) < 4.78 is 0. The Morgan fingerprint density at radius 1 is 1.00 bits per heavy atom. The zero-order valence-electron chi connectivity index (χ0n) is 16.1. The lowest BCUT2D eigenvalue weighted by molar-refractivity contribution is -0.862. The SMILES string of the molecule is CCc1ccc(CN(C)C(=O)C[NH+](C)CC(=O)Nc2ccc(Cl)cc2)cc1. The van der Waals surface area contributed by atoms with Gasteiger partial charge in [-0.05, 0) is 41.8 Å². The van der Waals surface area contributed by atoms with Gasteiger partial charge in [0.1, 0.15) is 0 Å². The number of nitrogens with zero attached hydrogens (tertiary/aromatic N) is 1. The first-order valence-corrected chi connectivity index (χ1v) is 9.43. The van der Waals surface area contributed by atoms with Crippen LogP contribution in [0.25, 0.3) is 0 Å². The molecule has 2 aromatic rings. The molecule has 2 amide bonds. The smallest absolute Gasteiger partial charge is 0.279 e. The van der Waals surface area contributed by atoms with E-state index in [-0.39, 0.29) is 24.9 Å². The van der Waals surface area contributed by atoms with Gasteiger partial charge in [0.15, 0.2) is 13.1 Å². The summed E-state index contributed by atoms with van der Waals surface area (Å²) in [5.74, 6) is -0.133. The predicted octanol–water partition coefficient (Wildman–Crippen LogP) is 2.01. The van der Waals surface area contributed by atoms with Crippen molar-refractivity contribution in [2.45, 2.75) is 19.9 Å². The average molecular weight is 389 g/mol. The number of quaternary nitrogens is 1. The van der Waals surface area contributed by atoms with E-state index in [1.165, 1.54) is 5.56 Å². The van der Waals surface area contributed by atoms with Crippen molar-refractivity contribution in [3.05, 3.63) is 64.7 Å². The van der Waals surface area contributed by atoms with Crippen LogP contribution >= 0.6 is 11.6 Å². The number of hydrogen-bond acceptors (Lipinski definition) is 2. The van der Waals surface area contributed by atoms with Crippen LogP contribution in [0.4, 0.5) is 5.69 Å². The molecule has 0 saturated heterocycles. The van der Waals surface area contributed by atoms with E-state index < -0.39 is 0 Å². The molecule has 2 aromatic carbocycles. The lowest BCUT2D eigenvalue weighted by Gasteiger charge is -2.20. The van der Waals surface area contributed by atoms with Crippen LogP contribution in [0.15, 0.2) is 48.5 Å². The Morgan fingerprint density at radius 2 is 1.59 bits per heavy atom. The van der Waals surface area contributed by atoms with Gasteiger partial charge in [-0.3, -0.25) is 9.59 Å². The largest absolute Gasteiger partial charge is 0.337 e. The maximum atomic E-state index is 12.4. The quantitative estimate of drug-likeness (QED) is 0.726. The number of carbonyl (C=O) groups excluding carboxylic acids is 2. The number of carbonyl (C=O) groups is 2. The van der Waals surface area contributed by atoms with Crippen LogP contribution in [0.5, 0.6) is 0 Å². The average Bonchev–Trinajstić information content (AvgIpc) is 2.64. The van der Waals surface area contributed by atoms with Crippen molar-refractivity contribution in [1.29, 1.82) is 0 Å². The number of hydrogen-bond donors (Lipinski definition) is 2. The van der Waals surface area contributed by atoms with E-state index >= 15 is 0 Å². The number of nitrogens with one attached hydrogen (secondary N) is 2. The zero-order chi connectivity index (χ0) is 19.8. The molecule has 1 unspecified atom stereocenters. The third kappa shape index (κ3) is 7.04. The fourth-order valence-electron chi connectivity index (χ4n) is 2.71. The number of halogens is 1. The summed E-state index contributed by atoms with van der Waals surface area (Å²) in [5.41, 5.74) is 3.07. The maximum absolute atomic E-state index is 12.4. The third-order valence-electron chi connectivity index (χ3n) is 4.32. The molecule has 6 heteroatoms. The molecule has 0 aliphatic carbocycles. The van der Waals surface area contributed by atoms with Gasteiger partial charge in [0.05, 0.1) is 7.05 Å². The van der Waals surface area contributed by atoms with Gasteiger partial charge in [-0.1, -0.05) is 42.8 Å². The third-order valence-corrected chi connectivity index (χ3v) is 4.57. The van der Waals surface area contributed by atoms with Crippen LogP contribution in [0.2, 0.25) is 5.02 Å². The number of benzene rings is 2. The monoisotopic (exact) mass is 388 g/mol. The lowest BCUT2D eigenvalue weighted by atomic mass is 10.1. The number of amides is 2. The molecule has 2 rings (SSSR count). The van der Waals surface area contributed by atoms with Gasteiger partial charge in [-0.2, -0.15) is 0 Å². The molecule has 0 aliphatic rings. The molecule has 144 valence electrons. The molecule has 0 aromatic heterocycles. The number of aryl methyl sites for hydroxylation is 1. The Hall–Kier alpha value is -2.37. The molecule has 0 radical (unpaired) electrons. The summed E-state index contributed by atoms with van der Waals surface area (Å²) in [7, 11) is 3.63. The van der Waals surface area contributed by atoms with Crippen molar-refractivity contribution in [3.63, 3.8) is 0 Å². The van der Waals surface area contributed by atoms with Crippen molar-refractivity contribution in [2.24, 2.45) is 0 Å². The van der Waals surface area contributed by atoms with Crippen LogP contribution < -0.4 is 10.2 Å². The van der Waals surface area contributed by atoms with E-state index in [4.69, 9.17) is 11.6 Å². The van der Waals surface area contributed by atoms with E-state index in [9.17, 15) is 9.59 Å². The summed E-state index contributed by atoms with van der Waals surface area (Å²) in [6, 6.07) is 15.2. The second-order valence-electron chi connectivity index (χ2n) is 6.79. The maximum Gasteiger partial charge on any atom is 0.279 e. The highest BCUT2D eigenvalue weighted by molar-refractivity contribution is 6.30. The van der Waals surface area contributed by atoms with Crippen molar-refractivity contribution in [3.8, 4) is 0 Å². The Kier molecular flexibility index (Phi) is 7.82. The summed E-state index contributed by atoms with van der Waals surface area (Å²) in [6.07, 6.45) is 1.00. The van der Waals surface area contributed by atoms with Crippen molar-refractivity contribution >= 4 is 29.1 Å². The molecular formula is C21H27ClN3O2+. The topological polar surface area (TPSA) is 53.9 Å². The highest BCUT2D eigenvalue weighted by Crippen LogP contribution is 2.13. The molecule has 2 N–H and O–H groups in total. The summed E-state index contributed by atoms with van der Waals surface area (Å²) in [4.78, 5) is 27.1. The Balaban J connectivity index is 1.79. The molecule has 0 fully saturated rings. The van der Waals surface area contributed by atoms with Crippen molar-refractivity contribution in [2.75, 3.05) is 32.5 Å². The molecule has 0 saturated carbocycles. The number of rotatable bonds is 8. The lowest BCUT2D eigenvalue weighted by Crippen LogP contribution is -3.11. The van der Waals surface area contributed by atoms with Gasteiger partial charge >= 0.3 is 0 Å². The first-order valence-electron chi connectivity index (χ1n) is 9.06. The Morgan fingerprint density at radius 3 is 2.19 bits per heavy atom. The molecular weight excluding hydrogens is 362 g/mol. The van der Waals surface area contributed by atoms with E-state index in [0.29, 0.717) is 17.3 Å². The molecule has 0 heterocycles.